The minimum absolute atomic E-state index is 0.0341. The summed E-state index contributed by atoms with van der Waals surface area (Å²) in [7, 11) is 0. The summed E-state index contributed by atoms with van der Waals surface area (Å²) in [6, 6.07) is 0. The van der Waals surface area contributed by atoms with Gasteiger partial charge in [-0.05, 0) is 25.7 Å². The van der Waals surface area contributed by atoms with Gasteiger partial charge in [0.15, 0.2) is 10.9 Å². The lowest BCUT2D eigenvalue weighted by atomic mass is 9.99. The first-order valence-corrected chi connectivity index (χ1v) is 8.74. The van der Waals surface area contributed by atoms with Gasteiger partial charge in [0.2, 0.25) is 11.8 Å². The third-order valence-corrected chi connectivity index (χ3v) is 5.24. The van der Waals surface area contributed by atoms with Crippen LogP contribution in [-0.4, -0.2) is 40.6 Å². The van der Waals surface area contributed by atoms with Gasteiger partial charge in [0, 0.05) is 32.9 Å². The molecule has 1 saturated heterocycles. The van der Waals surface area contributed by atoms with Gasteiger partial charge in [0.25, 0.3) is 0 Å². The molecule has 2 rings (SSSR count). The van der Waals surface area contributed by atoms with Crippen molar-refractivity contribution in [2.75, 3.05) is 18.4 Å². The van der Waals surface area contributed by atoms with Crippen molar-refractivity contribution in [2.24, 2.45) is 5.92 Å². The summed E-state index contributed by atoms with van der Waals surface area (Å²) in [5, 5.41) is 3.08. The van der Waals surface area contributed by atoms with Gasteiger partial charge in [0.05, 0.1) is 10.6 Å². The number of ketones is 1. The largest absolute Gasteiger partial charge is 0.343 e. The van der Waals surface area contributed by atoms with Gasteiger partial charge in [-0.1, -0.05) is 18.3 Å². The van der Waals surface area contributed by atoms with Gasteiger partial charge in [-0.3, -0.25) is 14.4 Å². The zero-order valence-corrected chi connectivity index (χ0v) is 14.7. The number of rotatable bonds is 5. The topological polar surface area (TPSA) is 79.4 Å². The maximum Gasteiger partial charge on any atom is 0.226 e. The molecule has 1 N–H and O–H groups in total. The number of carbonyl (C=O) groups excluding carboxylic acids is 3. The zero-order chi connectivity index (χ0) is 17.0. The van der Waals surface area contributed by atoms with Crippen LogP contribution in [0.15, 0.2) is 0 Å². The predicted octanol–water partition coefficient (Wildman–Crippen LogP) is 2.63. The Bertz CT molecular complexity index is 604. The molecule has 2 amide bonds. The summed E-state index contributed by atoms with van der Waals surface area (Å²) < 4.78 is 0. The third-order valence-electron chi connectivity index (χ3n) is 4.06. The standard InChI is InChI=1S/C16H23N3O3S/c1-10-6-8-19(9-7-10)14(22)5-4-13(21)18-16-17-11(2)15(23-16)12(3)20/h10H,4-9H2,1-3H3,(H,17,18,21). The Morgan fingerprint density at radius 1 is 1.26 bits per heavy atom. The maximum absolute atomic E-state index is 12.1. The number of aryl methyl sites for hydroxylation is 1. The molecule has 7 heteroatoms. The van der Waals surface area contributed by atoms with E-state index in [1.165, 1.54) is 18.3 Å². The number of carbonyl (C=O) groups is 3. The molecule has 1 fully saturated rings. The number of nitrogens with one attached hydrogen (secondary N) is 1. The van der Waals surface area contributed by atoms with Crippen LogP contribution in [0.3, 0.4) is 0 Å². The normalized spacial score (nSPS) is 15.5. The zero-order valence-electron chi connectivity index (χ0n) is 13.8. The van der Waals surface area contributed by atoms with Crippen LogP contribution < -0.4 is 5.32 Å². The minimum atomic E-state index is -0.243. The molecule has 0 spiro atoms. The smallest absolute Gasteiger partial charge is 0.226 e. The van der Waals surface area contributed by atoms with E-state index in [9.17, 15) is 14.4 Å². The number of aromatic nitrogens is 1. The average Bonchev–Trinajstić information content (AvgIpc) is 2.86. The highest BCUT2D eigenvalue weighted by molar-refractivity contribution is 7.17. The SMILES string of the molecule is CC(=O)c1sc(NC(=O)CCC(=O)N2CCC(C)CC2)nc1C. The van der Waals surface area contributed by atoms with E-state index in [0.29, 0.717) is 21.6 Å². The van der Waals surface area contributed by atoms with Crippen molar-refractivity contribution in [3.8, 4) is 0 Å². The lowest BCUT2D eigenvalue weighted by Gasteiger charge is -2.30. The average molecular weight is 337 g/mol. The molecule has 1 aromatic heterocycles. The Morgan fingerprint density at radius 3 is 2.48 bits per heavy atom. The first-order valence-electron chi connectivity index (χ1n) is 7.92. The summed E-state index contributed by atoms with van der Waals surface area (Å²) in [5.41, 5.74) is 0.622. The van der Waals surface area contributed by atoms with Crippen molar-refractivity contribution in [3.05, 3.63) is 10.6 Å². The lowest BCUT2D eigenvalue weighted by Crippen LogP contribution is -2.38. The monoisotopic (exact) mass is 337 g/mol. The fourth-order valence-corrected chi connectivity index (χ4v) is 3.47. The summed E-state index contributed by atoms with van der Waals surface area (Å²) in [4.78, 5) is 42.0. The van der Waals surface area contributed by atoms with Crippen LogP contribution in [0.25, 0.3) is 0 Å². The molecule has 23 heavy (non-hydrogen) atoms. The molecule has 1 aliphatic heterocycles. The van der Waals surface area contributed by atoms with Crippen molar-refractivity contribution in [1.29, 1.82) is 0 Å². The van der Waals surface area contributed by atoms with E-state index in [0.717, 1.165) is 25.9 Å². The molecule has 0 aromatic carbocycles. The molecule has 1 aliphatic rings. The number of hydrogen-bond acceptors (Lipinski definition) is 5. The Kier molecular flexibility index (Phi) is 5.87. The predicted molar refractivity (Wildman–Crippen MR) is 89.7 cm³/mol. The van der Waals surface area contributed by atoms with Crippen LogP contribution in [0.2, 0.25) is 0 Å². The van der Waals surface area contributed by atoms with Crippen molar-refractivity contribution in [1.82, 2.24) is 9.88 Å². The first kappa shape index (κ1) is 17.6. The van der Waals surface area contributed by atoms with Crippen molar-refractivity contribution >= 4 is 34.1 Å². The van der Waals surface area contributed by atoms with E-state index in [2.05, 4.69) is 17.2 Å². The molecule has 0 unspecified atom stereocenters. The van der Waals surface area contributed by atoms with Crippen LogP contribution in [0.1, 0.15) is 54.9 Å². The van der Waals surface area contributed by atoms with Gasteiger partial charge in [0.1, 0.15) is 0 Å². The molecule has 1 aromatic rings. The molecular formula is C16H23N3O3S. The van der Waals surface area contributed by atoms with Crippen LogP contribution in [-0.2, 0) is 9.59 Å². The number of Topliss-reactive ketones (excluding diaryl/α,β-unsaturated/α-hetero) is 1. The van der Waals surface area contributed by atoms with Gasteiger partial charge >= 0.3 is 0 Å². The van der Waals surface area contributed by atoms with Crippen LogP contribution in [0.5, 0.6) is 0 Å². The molecule has 0 radical (unpaired) electrons. The molecule has 2 heterocycles. The third kappa shape index (κ3) is 4.86. The molecule has 0 atom stereocenters. The van der Waals surface area contributed by atoms with E-state index >= 15 is 0 Å². The molecule has 126 valence electrons. The van der Waals surface area contributed by atoms with Crippen molar-refractivity contribution < 1.29 is 14.4 Å². The molecule has 0 bridgehead atoms. The highest BCUT2D eigenvalue weighted by Crippen LogP contribution is 2.23. The van der Waals surface area contributed by atoms with Crippen LogP contribution in [0, 0.1) is 12.8 Å². The van der Waals surface area contributed by atoms with Crippen LogP contribution in [0.4, 0.5) is 5.13 Å². The van der Waals surface area contributed by atoms with E-state index in [4.69, 9.17) is 0 Å². The second-order valence-electron chi connectivity index (χ2n) is 6.10. The fourth-order valence-electron chi connectivity index (χ4n) is 2.59. The Labute approximate surface area is 140 Å². The van der Waals surface area contributed by atoms with Gasteiger partial charge in [-0.15, -0.1) is 0 Å². The van der Waals surface area contributed by atoms with E-state index < -0.39 is 0 Å². The Hall–Kier alpha value is -1.76. The molecule has 0 saturated carbocycles. The summed E-state index contributed by atoms with van der Waals surface area (Å²) in [6.45, 7) is 6.99. The second-order valence-corrected chi connectivity index (χ2v) is 7.10. The van der Waals surface area contributed by atoms with Gasteiger partial charge in [-0.25, -0.2) is 4.98 Å². The van der Waals surface area contributed by atoms with Gasteiger partial charge in [-0.2, -0.15) is 0 Å². The minimum Gasteiger partial charge on any atom is -0.343 e. The highest BCUT2D eigenvalue weighted by atomic mass is 32.1. The number of amides is 2. The number of likely N-dealkylation sites (tertiary alicyclic amines) is 1. The number of anilines is 1. The quantitative estimate of drug-likeness (QED) is 0.838. The number of hydrogen-bond donors (Lipinski definition) is 1. The van der Waals surface area contributed by atoms with E-state index in [-0.39, 0.29) is 30.4 Å². The molecular weight excluding hydrogens is 314 g/mol. The Balaban J connectivity index is 1.80. The Morgan fingerprint density at radius 2 is 1.91 bits per heavy atom. The summed E-state index contributed by atoms with van der Waals surface area (Å²) in [6.07, 6.45) is 2.41. The van der Waals surface area contributed by atoms with Crippen molar-refractivity contribution in [2.45, 2.75) is 46.5 Å². The van der Waals surface area contributed by atoms with Crippen LogP contribution >= 0.6 is 11.3 Å². The summed E-state index contributed by atoms with van der Waals surface area (Å²) in [5.74, 6) is 0.403. The number of thiazole rings is 1. The maximum atomic E-state index is 12.1. The number of piperidine rings is 1. The van der Waals surface area contributed by atoms with Gasteiger partial charge < -0.3 is 10.2 Å². The fraction of sp³-hybridized carbons (Fsp3) is 0.625. The number of nitrogens with zero attached hydrogens (tertiary/aromatic N) is 2. The van der Waals surface area contributed by atoms with Crippen molar-refractivity contribution in [3.63, 3.8) is 0 Å². The first-order chi connectivity index (χ1) is 10.9. The lowest BCUT2D eigenvalue weighted by molar-refractivity contribution is -0.134. The van der Waals surface area contributed by atoms with E-state index in [1.807, 2.05) is 4.90 Å². The summed E-state index contributed by atoms with van der Waals surface area (Å²) >= 11 is 1.17. The second kappa shape index (κ2) is 7.68. The molecule has 0 aliphatic carbocycles. The van der Waals surface area contributed by atoms with E-state index in [1.54, 1.807) is 6.92 Å². The highest BCUT2D eigenvalue weighted by Gasteiger charge is 2.21. The molecule has 6 nitrogen and oxygen atoms in total.